The number of aromatic nitrogens is 1. The number of hydrogen-bond donors (Lipinski definition) is 2. The maximum Gasteiger partial charge on any atom is 0.255 e. The maximum atomic E-state index is 14.1. The highest BCUT2D eigenvalue weighted by Gasteiger charge is 2.33. The molecule has 1 aliphatic heterocycles. The van der Waals surface area contributed by atoms with E-state index in [1.54, 1.807) is 48.5 Å². The molecule has 0 saturated heterocycles. The number of hydrogen-bond acceptors (Lipinski definition) is 5. The molecule has 2 amide bonds. The highest BCUT2D eigenvalue weighted by atomic mass is 19.1. The Balaban J connectivity index is 1.48. The van der Waals surface area contributed by atoms with Crippen LogP contribution in [-0.4, -0.2) is 30.0 Å². The van der Waals surface area contributed by atoms with Crippen LogP contribution in [0, 0.1) is 11.7 Å². The van der Waals surface area contributed by atoms with E-state index in [0.29, 0.717) is 29.3 Å². The number of amides is 2. The lowest BCUT2D eigenvalue weighted by Crippen LogP contribution is -2.38. The van der Waals surface area contributed by atoms with Gasteiger partial charge in [-0.2, -0.15) is 0 Å². The first-order valence-electron chi connectivity index (χ1n) is 11.8. The highest BCUT2D eigenvalue weighted by molar-refractivity contribution is 6.07. The molecule has 7 nitrogen and oxygen atoms in total. The van der Waals surface area contributed by atoms with Crippen molar-refractivity contribution in [2.24, 2.45) is 5.92 Å². The number of methoxy groups -OCH3 is 1. The van der Waals surface area contributed by atoms with Crippen molar-refractivity contribution in [1.82, 2.24) is 4.98 Å². The van der Waals surface area contributed by atoms with Crippen molar-refractivity contribution >= 4 is 34.7 Å². The Kier molecular flexibility index (Phi) is 6.46. The monoisotopic (exact) mass is 474 g/mol. The van der Waals surface area contributed by atoms with E-state index in [4.69, 9.17) is 4.74 Å². The molecule has 1 aromatic heterocycles. The van der Waals surface area contributed by atoms with Gasteiger partial charge in [-0.1, -0.05) is 18.2 Å². The zero-order valence-corrected chi connectivity index (χ0v) is 19.5. The van der Waals surface area contributed by atoms with Crippen LogP contribution < -0.4 is 15.5 Å². The fourth-order valence-corrected chi connectivity index (χ4v) is 4.78. The number of fused-ring (bicyclic) bond motifs is 2. The highest BCUT2D eigenvalue weighted by Crippen LogP contribution is 2.38. The maximum absolute atomic E-state index is 14.1. The number of ether oxygens (including phenoxy) is 1. The second-order valence-electron chi connectivity index (χ2n) is 8.94. The third-order valence-corrected chi connectivity index (χ3v) is 6.77. The number of nitrogens with zero attached hydrogens (tertiary/aromatic N) is 2. The molecule has 3 aromatic rings. The second kappa shape index (κ2) is 9.84. The molecule has 0 radical (unpaired) electrons. The lowest BCUT2D eigenvalue weighted by Gasteiger charge is -2.32. The molecule has 1 saturated carbocycles. The van der Waals surface area contributed by atoms with E-state index in [1.807, 2.05) is 12.1 Å². The second-order valence-corrected chi connectivity index (χ2v) is 8.94. The topological polar surface area (TPSA) is 83.6 Å². The van der Waals surface area contributed by atoms with Crippen molar-refractivity contribution in [3.8, 4) is 0 Å². The molecule has 2 aliphatic rings. The van der Waals surface area contributed by atoms with Gasteiger partial charge in [0.1, 0.15) is 11.6 Å². The molecule has 5 rings (SSSR count). The minimum absolute atomic E-state index is 0.0194. The number of carbonyl (C=O) groups excluding carboxylic acids is 2. The molecular weight excluding hydrogens is 447 g/mol. The fraction of sp³-hybridized carbons (Fsp3) is 0.296. The quantitative estimate of drug-likeness (QED) is 0.538. The Morgan fingerprint density at radius 1 is 1.09 bits per heavy atom. The predicted molar refractivity (Wildman–Crippen MR) is 132 cm³/mol. The van der Waals surface area contributed by atoms with Crippen LogP contribution in [0.3, 0.4) is 0 Å². The summed E-state index contributed by atoms with van der Waals surface area (Å²) < 4.78 is 19.6. The van der Waals surface area contributed by atoms with Crippen molar-refractivity contribution in [2.45, 2.75) is 38.3 Å². The number of pyridine rings is 1. The Hall–Kier alpha value is -3.78. The SMILES string of the molecule is CO[C@H]1CC[C@@H](C(=O)N2Cc3cccnc3Nc3ccc(C(=O)Nc4ccccc4F)cc32)CC1. The van der Waals surface area contributed by atoms with Crippen LogP contribution in [-0.2, 0) is 16.1 Å². The van der Waals surface area contributed by atoms with Gasteiger partial charge in [0, 0.05) is 30.4 Å². The molecule has 1 fully saturated rings. The van der Waals surface area contributed by atoms with E-state index in [2.05, 4.69) is 15.6 Å². The van der Waals surface area contributed by atoms with Crippen molar-refractivity contribution < 1.29 is 18.7 Å². The van der Waals surface area contributed by atoms with Gasteiger partial charge in [-0.15, -0.1) is 0 Å². The normalized spacial score (nSPS) is 19.1. The third-order valence-electron chi connectivity index (χ3n) is 6.77. The lowest BCUT2D eigenvalue weighted by molar-refractivity contribution is -0.124. The van der Waals surface area contributed by atoms with Gasteiger partial charge in [0.15, 0.2) is 0 Å². The van der Waals surface area contributed by atoms with Gasteiger partial charge in [-0.3, -0.25) is 9.59 Å². The van der Waals surface area contributed by atoms with Crippen LogP contribution in [0.5, 0.6) is 0 Å². The van der Waals surface area contributed by atoms with E-state index >= 15 is 0 Å². The van der Waals surface area contributed by atoms with Gasteiger partial charge in [0.25, 0.3) is 5.91 Å². The van der Waals surface area contributed by atoms with Gasteiger partial charge in [-0.25, -0.2) is 9.37 Å². The predicted octanol–water partition coefficient (Wildman–Crippen LogP) is 5.27. The Morgan fingerprint density at radius 2 is 1.89 bits per heavy atom. The molecular formula is C27H27FN4O3. The molecule has 0 unspecified atom stereocenters. The largest absolute Gasteiger partial charge is 0.381 e. The van der Waals surface area contributed by atoms with E-state index < -0.39 is 11.7 Å². The van der Waals surface area contributed by atoms with Gasteiger partial charge in [0.2, 0.25) is 5.91 Å². The van der Waals surface area contributed by atoms with Crippen molar-refractivity contribution in [3.05, 3.63) is 77.7 Å². The van der Waals surface area contributed by atoms with Crippen LogP contribution >= 0.6 is 0 Å². The fourth-order valence-electron chi connectivity index (χ4n) is 4.78. The van der Waals surface area contributed by atoms with Crippen LogP contribution in [0.15, 0.2) is 60.8 Å². The molecule has 2 N–H and O–H groups in total. The summed E-state index contributed by atoms with van der Waals surface area (Å²) in [6.07, 6.45) is 5.08. The summed E-state index contributed by atoms with van der Waals surface area (Å²) in [6, 6.07) is 14.9. The first kappa shape index (κ1) is 23.0. The van der Waals surface area contributed by atoms with Gasteiger partial charge < -0.3 is 20.3 Å². The van der Waals surface area contributed by atoms with Crippen LogP contribution in [0.2, 0.25) is 0 Å². The van der Waals surface area contributed by atoms with Crippen molar-refractivity contribution in [1.29, 1.82) is 0 Å². The zero-order chi connectivity index (χ0) is 24.4. The first-order valence-corrected chi connectivity index (χ1v) is 11.8. The summed E-state index contributed by atoms with van der Waals surface area (Å²) in [7, 11) is 1.71. The summed E-state index contributed by atoms with van der Waals surface area (Å²) in [4.78, 5) is 32.9. The number of anilines is 4. The van der Waals surface area contributed by atoms with Crippen LogP contribution in [0.25, 0.3) is 0 Å². The molecule has 35 heavy (non-hydrogen) atoms. The van der Waals surface area contributed by atoms with Crippen LogP contribution in [0.1, 0.15) is 41.6 Å². The average molecular weight is 475 g/mol. The Morgan fingerprint density at radius 3 is 2.66 bits per heavy atom. The molecule has 2 heterocycles. The number of nitrogens with one attached hydrogen (secondary N) is 2. The zero-order valence-electron chi connectivity index (χ0n) is 19.5. The van der Waals surface area contributed by atoms with E-state index in [1.165, 1.54) is 12.1 Å². The third kappa shape index (κ3) is 4.74. The molecule has 1 aliphatic carbocycles. The Bertz CT molecular complexity index is 1260. The number of carbonyl (C=O) groups is 2. The van der Waals surface area contributed by atoms with Crippen LogP contribution in [0.4, 0.5) is 27.3 Å². The minimum atomic E-state index is -0.512. The summed E-state index contributed by atoms with van der Waals surface area (Å²) in [5.41, 5.74) is 2.60. The minimum Gasteiger partial charge on any atom is -0.381 e. The van der Waals surface area contributed by atoms with E-state index in [-0.39, 0.29) is 23.6 Å². The number of para-hydroxylation sites is 1. The molecule has 180 valence electrons. The number of benzene rings is 2. The van der Waals surface area contributed by atoms with Gasteiger partial charge >= 0.3 is 0 Å². The number of halogens is 1. The van der Waals surface area contributed by atoms with E-state index in [0.717, 1.165) is 31.2 Å². The summed E-state index contributed by atoms with van der Waals surface area (Å²) in [5, 5.41) is 5.94. The lowest BCUT2D eigenvalue weighted by atomic mass is 9.86. The van der Waals surface area contributed by atoms with Crippen molar-refractivity contribution in [3.63, 3.8) is 0 Å². The Labute approximate surface area is 203 Å². The summed E-state index contributed by atoms with van der Waals surface area (Å²) in [5.74, 6) is -0.391. The smallest absolute Gasteiger partial charge is 0.255 e. The van der Waals surface area contributed by atoms with E-state index in [9.17, 15) is 14.0 Å². The molecule has 0 bridgehead atoms. The van der Waals surface area contributed by atoms with Gasteiger partial charge in [-0.05, 0) is 62.1 Å². The summed E-state index contributed by atoms with van der Waals surface area (Å²) in [6.45, 7) is 0.338. The van der Waals surface area contributed by atoms with Gasteiger partial charge in [0.05, 0.1) is 29.7 Å². The van der Waals surface area contributed by atoms with Crippen molar-refractivity contribution in [2.75, 3.05) is 22.6 Å². The first-order chi connectivity index (χ1) is 17.0. The molecule has 0 spiro atoms. The molecule has 8 heteroatoms. The summed E-state index contributed by atoms with van der Waals surface area (Å²) >= 11 is 0. The molecule has 0 atom stereocenters. The average Bonchev–Trinajstić information content (AvgIpc) is 3.06. The number of rotatable bonds is 4. The molecule has 2 aromatic carbocycles. The standard InChI is InChI=1S/C27H27FN4O3/c1-35-20-11-8-17(9-12-20)27(34)32-16-19-5-4-14-29-25(19)30-23-13-10-18(15-24(23)32)26(33)31-22-7-3-2-6-21(22)28/h2-7,10,13-15,17,20H,8-9,11-12,16H2,1H3,(H,29,30)(H,31,33)/t17-,20+.